The molecule has 0 saturated heterocycles. The van der Waals surface area contributed by atoms with Crippen molar-refractivity contribution in [2.24, 2.45) is 0 Å². The van der Waals surface area contributed by atoms with Crippen LogP contribution in [0.4, 0.5) is 0 Å². The summed E-state index contributed by atoms with van der Waals surface area (Å²) in [6.07, 6.45) is 5.26. The number of aromatic carboxylic acids is 1. The topological polar surface area (TPSA) is 117 Å². The summed E-state index contributed by atoms with van der Waals surface area (Å²) in [5.41, 5.74) is -1.10. The zero-order valence-electron chi connectivity index (χ0n) is 14.7. The van der Waals surface area contributed by atoms with E-state index in [0.717, 1.165) is 23.9 Å². The second-order valence-electron chi connectivity index (χ2n) is 6.27. The number of hydrogen-bond acceptors (Lipinski definition) is 5. The molecule has 1 aliphatic rings. The number of carboxylic acids is 1. The Labute approximate surface area is 146 Å². The molecule has 2 amide bonds. The van der Waals surface area contributed by atoms with Gasteiger partial charge in [-0.15, -0.1) is 5.10 Å². The number of rotatable bonds is 7. The quantitative estimate of drug-likeness (QED) is 0.745. The van der Waals surface area contributed by atoms with Gasteiger partial charge in [0.05, 0.1) is 6.20 Å². The van der Waals surface area contributed by atoms with Crippen molar-refractivity contribution in [3.63, 3.8) is 0 Å². The minimum absolute atomic E-state index is 0.0460. The predicted molar refractivity (Wildman–Crippen MR) is 88.9 cm³/mol. The van der Waals surface area contributed by atoms with Gasteiger partial charge in [-0.25, -0.2) is 9.48 Å². The standard InChI is InChI=1S/C16H25N5O4/c1-3-20(4-2)15(25)16(8-6-5-7-9-16)17-13(22)11-21-10-12(14(23)24)18-19-21/h10H,3-9,11H2,1-2H3,(H,17,22)(H,23,24). The zero-order valence-corrected chi connectivity index (χ0v) is 14.7. The smallest absolute Gasteiger partial charge is 0.358 e. The number of carbonyl (C=O) groups is 3. The fraction of sp³-hybridized carbons (Fsp3) is 0.688. The molecule has 2 rings (SSSR count). The van der Waals surface area contributed by atoms with Crippen LogP contribution in [0.25, 0.3) is 0 Å². The Balaban J connectivity index is 2.11. The van der Waals surface area contributed by atoms with Crippen LogP contribution in [0.15, 0.2) is 6.20 Å². The second kappa shape index (κ2) is 8.09. The molecule has 0 radical (unpaired) electrons. The van der Waals surface area contributed by atoms with E-state index >= 15 is 0 Å². The molecule has 2 N–H and O–H groups in total. The van der Waals surface area contributed by atoms with Crippen molar-refractivity contribution < 1.29 is 19.5 Å². The van der Waals surface area contributed by atoms with Gasteiger partial charge in [0.25, 0.3) is 0 Å². The molecule has 0 spiro atoms. The first-order chi connectivity index (χ1) is 11.9. The van der Waals surface area contributed by atoms with Crippen LogP contribution in [0.3, 0.4) is 0 Å². The monoisotopic (exact) mass is 351 g/mol. The first-order valence-electron chi connectivity index (χ1n) is 8.65. The van der Waals surface area contributed by atoms with Crippen LogP contribution in [-0.4, -0.2) is 61.4 Å². The Morgan fingerprint density at radius 1 is 1.24 bits per heavy atom. The predicted octanol–water partition coefficient (Wildman–Crippen LogP) is 0.664. The van der Waals surface area contributed by atoms with Gasteiger partial charge in [-0.05, 0) is 26.7 Å². The summed E-state index contributed by atoms with van der Waals surface area (Å²) in [5.74, 6) is -1.62. The lowest BCUT2D eigenvalue weighted by Gasteiger charge is -2.40. The summed E-state index contributed by atoms with van der Waals surface area (Å²) in [4.78, 5) is 38.0. The van der Waals surface area contributed by atoms with Crippen molar-refractivity contribution in [2.75, 3.05) is 13.1 Å². The van der Waals surface area contributed by atoms with Crippen molar-refractivity contribution >= 4 is 17.8 Å². The number of likely N-dealkylation sites (N-methyl/N-ethyl adjacent to an activating group) is 1. The van der Waals surface area contributed by atoms with Crippen molar-refractivity contribution in [3.8, 4) is 0 Å². The highest BCUT2D eigenvalue weighted by molar-refractivity contribution is 5.91. The third-order valence-electron chi connectivity index (χ3n) is 4.61. The summed E-state index contributed by atoms with van der Waals surface area (Å²) in [5, 5.41) is 18.9. The van der Waals surface area contributed by atoms with Gasteiger partial charge in [0.15, 0.2) is 5.69 Å². The van der Waals surface area contributed by atoms with Crippen LogP contribution in [0.5, 0.6) is 0 Å². The molecule has 0 bridgehead atoms. The number of nitrogens with one attached hydrogen (secondary N) is 1. The average molecular weight is 351 g/mol. The van der Waals surface area contributed by atoms with E-state index in [0.29, 0.717) is 25.9 Å². The lowest BCUT2D eigenvalue weighted by atomic mass is 9.80. The lowest BCUT2D eigenvalue weighted by molar-refractivity contribution is -0.143. The van der Waals surface area contributed by atoms with Crippen LogP contribution in [0.2, 0.25) is 0 Å². The molecule has 1 aromatic heterocycles. The highest BCUT2D eigenvalue weighted by Crippen LogP contribution is 2.30. The Morgan fingerprint density at radius 3 is 2.40 bits per heavy atom. The zero-order chi connectivity index (χ0) is 18.4. The normalized spacial score (nSPS) is 16.2. The van der Waals surface area contributed by atoms with Gasteiger partial charge >= 0.3 is 5.97 Å². The molecule has 1 heterocycles. The minimum atomic E-state index is -1.20. The van der Waals surface area contributed by atoms with Gasteiger partial charge in [-0.3, -0.25) is 9.59 Å². The average Bonchev–Trinajstić information content (AvgIpc) is 3.05. The molecule has 1 aromatic rings. The van der Waals surface area contributed by atoms with Crippen molar-refractivity contribution in [1.82, 2.24) is 25.2 Å². The number of hydrogen-bond donors (Lipinski definition) is 2. The van der Waals surface area contributed by atoms with E-state index in [1.807, 2.05) is 13.8 Å². The molecule has 9 nitrogen and oxygen atoms in total. The molecule has 138 valence electrons. The first kappa shape index (κ1) is 18.9. The highest BCUT2D eigenvalue weighted by Gasteiger charge is 2.42. The Morgan fingerprint density at radius 2 is 1.88 bits per heavy atom. The van der Waals surface area contributed by atoms with Gasteiger partial charge in [-0.2, -0.15) is 0 Å². The van der Waals surface area contributed by atoms with Crippen molar-refractivity contribution in [1.29, 1.82) is 0 Å². The van der Waals surface area contributed by atoms with E-state index in [1.165, 1.54) is 6.20 Å². The lowest BCUT2D eigenvalue weighted by Crippen LogP contribution is -2.61. The maximum Gasteiger partial charge on any atom is 0.358 e. The third kappa shape index (κ3) is 4.34. The largest absolute Gasteiger partial charge is 0.476 e. The molecule has 1 aliphatic carbocycles. The fourth-order valence-corrected chi connectivity index (χ4v) is 3.29. The second-order valence-corrected chi connectivity index (χ2v) is 6.27. The number of amides is 2. The molecule has 0 aliphatic heterocycles. The van der Waals surface area contributed by atoms with Crippen LogP contribution in [-0.2, 0) is 16.1 Å². The summed E-state index contributed by atoms with van der Waals surface area (Å²) in [6, 6.07) is 0. The number of carboxylic acid groups (broad SMARTS) is 1. The molecule has 0 aromatic carbocycles. The molecule has 0 atom stereocenters. The molecule has 1 saturated carbocycles. The van der Waals surface area contributed by atoms with Gasteiger partial charge < -0.3 is 15.3 Å². The number of aromatic nitrogens is 3. The Hall–Kier alpha value is -2.45. The third-order valence-corrected chi connectivity index (χ3v) is 4.61. The van der Waals surface area contributed by atoms with E-state index < -0.39 is 11.5 Å². The van der Waals surface area contributed by atoms with Crippen LogP contribution < -0.4 is 5.32 Å². The minimum Gasteiger partial charge on any atom is -0.476 e. The fourth-order valence-electron chi connectivity index (χ4n) is 3.29. The van der Waals surface area contributed by atoms with E-state index in [1.54, 1.807) is 4.90 Å². The van der Waals surface area contributed by atoms with E-state index in [2.05, 4.69) is 15.6 Å². The van der Waals surface area contributed by atoms with Crippen LogP contribution in [0.1, 0.15) is 56.4 Å². The number of carbonyl (C=O) groups excluding carboxylic acids is 2. The van der Waals surface area contributed by atoms with E-state index in [-0.39, 0.29) is 24.1 Å². The van der Waals surface area contributed by atoms with Crippen LogP contribution in [0, 0.1) is 0 Å². The first-order valence-corrected chi connectivity index (χ1v) is 8.65. The highest BCUT2D eigenvalue weighted by atomic mass is 16.4. The Kier molecular flexibility index (Phi) is 6.11. The molecule has 1 fully saturated rings. The van der Waals surface area contributed by atoms with Gasteiger partial charge in [-0.1, -0.05) is 24.5 Å². The van der Waals surface area contributed by atoms with E-state index in [4.69, 9.17) is 5.11 Å². The maximum atomic E-state index is 13.0. The summed E-state index contributed by atoms with van der Waals surface area (Å²) in [6.45, 7) is 4.86. The summed E-state index contributed by atoms with van der Waals surface area (Å²) >= 11 is 0. The molecule has 0 unspecified atom stereocenters. The molecular weight excluding hydrogens is 326 g/mol. The van der Waals surface area contributed by atoms with Crippen LogP contribution >= 0.6 is 0 Å². The summed E-state index contributed by atoms with van der Waals surface area (Å²) < 4.78 is 1.16. The van der Waals surface area contributed by atoms with Gasteiger partial charge in [0.1, 0.15) is 12.1 Å². The van der Waals surface area contributed by atoms with Gasteiger partial charge in [0, 0.05) is 13.1 Å². The molecule has 25 heavy (non-hydrogen) atoms. The maximum absolute atomic E-state index is 13.0. The Bertz CT molecular complexity index is 632. The molecular formula is C16H25N5O4. The van der Waals surface area contributed by atoms with Crippen molar-refractivity contribution in [3.05, 3.63) is 11.9 Å². The summed E-state index contributed by atoms with van der Waals surface area (Å²) in [7, 11) is 0. The number of nitrogens with zero attached hydrogens (tertiary/aromatic N) is 4. The van der Waals surface area contributed by atoms with Gasteiger partial charge in [0.2, 0.25) is 11.8 Å². The van der Waals surface area contributed by atoms with E-state index in [9.17, 15) is 14.4 Å². The SMILES string of the molecule is CCN(CC)C(=O)C1(NC(=O)Cn2cc(C(=O)O)nn2)CCCCC1. The van der Waals surface area contributed by atoms with Crippen molar-refractivity contribution in [2.45, 2.75) is 58.0 Å². The molecule has 9 heteroatoms.